The van der Waals surface area contributed by atoms with Crippen LogP contribution in [0.2, 0.25) is 5.02 Å². The number of nitrogens with one attached hydrogen (secondary N) is 1. The first-order valence-corrected chi connectivity index (χ1v) is 13.5. The Balaban J connectivity index is 1.72. The van der Waals surface area contributed by atoms with Crippen molar-refractivity contribution in [3.63, 3.8) is 0 Å². The molecule has 1 saturated heterocycles. The van der Waals surface area contributed by atoms with Gasteiger partial charge in [-0.25, -0.2) is 8.42 Å². The van der Waals surface area contributed by atoms with Crippen molar-refractivity contribution in [2.75, 3.05) is 51.1 Å². The highest BCUT2D eigenvalue weighted by atomic mass is 35.5. The number of nitrogens with zero attached hydrogens (tertiary/aromatic N) is 3. The number of hydrogen-bond acceptors (Lipinski definition) is 5. The highest BCUT2D eigenvalue weighted by Crippen LogP contribution is 2.30. The van der Waals surface area contributed by atoms with E-state index in [9.17, 15) is 13.2 Å². The molecule has 0 radical (unpaired) electrons. The number of para-hydroxylation sites is 1. The second kappa shape index (κ2) is 11.6. The summed E-state index contributed by atoms with van der Waals surface area (Å²) < 4.78 is 28.1. The number of carbonyl (C=O) groups excluding carboxylic acids is 1. The molecular weight excluding hydrogens is 484 g/mol. The minimum Gasteiger partial charge on any atom is -0.349 e. The fourth-order valence-electron chi connectivity index (χ4n) is 4.14. The van der Waals surface area contributed by atoms with Crippen LogP contribution in [0.25, 0.3) is 6.08 Å². The first kappa shape index (κ1) is 27.2. The number of amides is 1. The predicted octanol–water partition coefficient (Wildman–Crippen LogP) is 3.55. The lowest BCUT2D eigenvalue weighted by molar-refractivity contribution is -0.117. The Labute approximate surface area is 214 Å². The van der Waals surface area contributed by atoms with Crippen molar-refractivity contribution in [2.24, 2.45) is 0 Å². The quantitative estimate of drug-likeness (QED) is 0.541. The molecule has 1 fully saturated rings. The Morgan fingerprint density at radius 3 is 2.49 bits per heavy atom. The van der Waals surface area contributed by atoms with Gasteiger partial charge in [-0.3, -0.25) is 14.0 Å². The van der Waals surface area contributed by atoms with Crippen LogP contribution in [0.4, 0.5) is 5.69 Å². The number of sulfonamides is 1. The number of rotatable bonds is 8. The van der Waals surface area contributed by atoms with Crippen LogP contribution in [-0.4, -0.2) is 77.0 Å². The average molecular weight is 519 g/mol. The van der Waals surface area contributed by atoms with Gasteiger partial charge in [0.2, 0.25) is 5.91 Å². The van der Waals surface area contributed by atoms with E-state index in [-0.39, 0.29) is 16.8 Å². The van der Waals surface area contributed by atoms with Crippen LogP contribution in [-0.2, 0) is 14.8 Å². The minimum atomic E-state index is -3.83. The third-order valence-corrected chi connectivity index (χ3v) is 8.62. The van der Waals surface area contributed by atoms with Gasteiger partial charge in [-0.05, 0) is 68.8 Å². The lowest BCUT2D eigenvalue weighted by Crippen LogP contribution is -2.49. The fourth-order valence-corrected chi connectivity index (χ4v) is 5.87. The van der Waals surface area contributed by atoms with E-state index in [4.69, 9.17) is 11.6 Å². The van der Waals surface area contributed by atoms with Crippen LogP contribution in [0, 0.1) is 13.8 Å². The Hall–Kier alpha value is -2.39. The predicted molar refractivity (Wildman–Crippen MR) is 144 cm³/mol. The van der Waals surface area contributed by atoms with Gasteiger partial charge in [0.25, 0.3) is 10.0 Å². The molecule has 1 heterocycles. The number of benzene rings is 2. The van der Waals surface area contributed by atoms with E-state index in [0.29, 0.717) is 27.4 Å². The number of anilines is 1. The smallest absolute Gasteiger partial charge is 0.264 e. The van der Waals surface area contributed by atoms with E-state index < -0.39 is 10.0 Å². The topological polar surface area (TPSA) is 73.0 Å². The number of aryl methyl sites for hydroxylation is 2. The monoisotopic (exact) mass is 518 g/mol. The van der Waals surface area contributed by atoms with Gasteiger partial charge in [0, 0.05) is 56.9 Å². The molecule has 2 aromatic rings. The highest BCUT2D eigenvalue weighted by molar-refractivity contribution is 7.92. The van der Waals surface area contributed by atoms with Crippen LogP contribution >= 0.6 is 11.6 Å². The van der Waals surface area contributed by atoms with E-state index in [1.54, 1.807) is 50.3 Å². The molecule has 9 heteroatoms. The maximum absolute atomic E-state index is 13.4. The molecule has 1 N–H and O–H groups in total. The highest BCUT2D eigenvalue weighted by Gasteiger charge is 2.25. The van der Waals surface area contributed by atoms with Gasteiger partial charge >= 0.3 is 0 Å². The second-order valence-corrected chi connectivity index (χ2v) is 11.6. The third kappa shape index (κ3) is 6.85. The second-order valence-electron chi connectivity index (χ2n) is 9.25. The lowest BCUT2D eigenvalue weighted by atomic mass is 10.1. The molecule has 1 aliphatic rings. The average Bonchev–Trinajstić information content (AvgIpc) is 2.81. The normalized spacial score (nSPS) is 16.4. The Bertz CT molecular complexity index is 1190. The Morgan fingerprint density at radius 1 is 1.14 bits per heavy atom. The van der Waals surface area contributed by atoms with E-state index in [2.05, 4.69) is 22.2 Å². The zero-order valence-corrected chi connectivity index (χ0v) is 22.7. The number of hydrogen-bond donors (Lipinski definition) is 1. The molecule has 0 aliphatic carbocycles. The van der Waals surface area contributed by atoms with Crippen LogP contribution in [0.15, 0.2) is 47.4 Å². The SMILES string of the molecule is Cc1cc(S(=O)(=O)N(C)c2ccccc2/C=C/C(=O)N[C@@H](C)CN2CCN(C)CC2)c(C)cc1Cl. The maximum atomic E-state index is 13.4. The van der Waals surface area contributed by atoms with Crippen molar-refractivity contribution >= 4 is 39.3 Å². The molecule has 7 nitrogen and oxygen atoms in total. The zero-order chi connectivity index (χ0) is 25.8. The number of carbonyl (C=O) groups is 1. The lowest BCUT2D eigenvalue weighted by Gasteiger charge is -2.33. The summed E-state index contributed by atoms with van der Waals surface area (Å²) in [5, 5.41) is 3.54. The molecule has 190 valence electrons. The summed E-state index contributed by atoms with van der Waals surface area (Å²) in [6.45, 7) is 10.3. The summed E-state index contributed by atoms with van der Waals surface area (Å²) >= 11 is 6.16. The van der Waals surface area contributed by atoms with E-state index in [1.807, 2.05) is 13.0 Å². The summed E-state index contributed by atoms with van der Waals surface area (Å²) in [6.07, 6.45) is 3.11. The zero-order valence-electron chi connectivity index (χ0n) is 21.1. The van der Waals surface area contributed by atoms with Gasteiger partial charge < -0.3 is 10.2 Å². The summed E-state index contributed by atoms with van der Waals surface area (Å²) in [7, 11) is -0.197. The molecule has 1 amide bonds. The van der Waals surface area contributed by atoms with Crippen molar-refractivity contribution in [3.05, 3.63) is 64.2 Å². The van der Waals surface area contributed by atoms with Gasteiger partial charge in [-0.1, -0.05) is 29.8 Å². The van der Waals surface area contributed by atoms with E-state index in [0.717, 1.165) is 32.7 Å². The van der Waals surface area contributed by atoms with Crippen LogP contribution in [0.1, 0.15) is 23.6 Å². The number of piperazine rings is 1. The third-order valence-electron chi connectivity index (χ3n) is 6.30. The van der Waals surface area contributed by atoms with Crippen molar-refractivity contribution in [3.8, 4) is 0 Å². The fraction of sp³-hybridized carbons (Fsp3) is 0.423. The van der Waals surface area contributed by atoms with Gasteiger partial charge in [-0.2, -0.15) is 0 Å². The molecule has 0 spiro atoms. The van der Waals surface area contributed by atoms with Crippen molar-refractivity contribution in [1.29, 1.82) is 0 Å². The molecular formula is C26H35ClN4O3S. The van der Waals surface area contributed by atoms with Crippen LogP contribution in [0.3, 0.4) is 0 Å². The number of likely N-dealkylation sites (N-methyl/N-ethyl adjacent to an activating group) is 1. The van der Waals surface area contributed by atoms with Crippen LogP contribution in [0.5, 0.6) is 0 Å². The first-order chi connectivity index (χ1) is 16.5. The Kier molecular flexibility index (Phi) is 8.99. The molecule has 0 saturated carbocycles. The molecule has 2 aromatic carbocycles. The maximum Gasteiger partial charge on any atom is 0.264 e. The largest absolute Gasteiger partial charge is 0.349 e. The van der Waals surface area contributed by atoms with Crippen molar-refractivity contribution in [2.45, 2.75) is 31.7 Å². The minimum absolute atomic E-state index is 0.00460. The van der Waals surface area contributed by atoms with Gasteiger partial charge in [-0.15, -0.1) is 0 Å². The summed E-state index contributed by atoms with van der Waals surface area (Å²) in [5.41, 5.74) is 2.38. The van der Waals surface area contributed by atoms with Gasteiger partial charge in [0.05, 0.1) is 10.6 Å². The molecule has 0 aromatic heterocycles. The Morgan fingerprint density at radius 2 is 1.80 bits per heavy atom. The van der Waals surface area contributed by atoms with E-state index >= 15 is 0 Å². The molecule has 0 unspecified atom stereocenters. The first-order valence-electron chi connectivity index (χ1n) is 11.7. The number of halogens is 1. The standard InChI is InChI=1S/C26H35ClN4O3S/c1-19-17-25(20(2)16-23(19)27)35(33,34)30(5)24-9-7-6-8-22(24)10-11-26(32)28-21(3)18-31-14-12-29(4)13-15-31/h6-11,16-17,21H,12-15,18H2,1-5H3,(H,28,32)/b11-10+/t21-/m0/s1. The molecule has 1 atom stereocenters. The summed E-state index contributed by atoms with van der Waals surface area (Å²) in [5.74, 6) is -0.212. The van der Waals surface area contributed by atoms with E-state index in [1.165, 1.54) is 17.4 Å². The van der Waals surface area contributed by atoms with Gasteiger partial charge in [0.1, 0.15) is 0 Å². The molecule has 1 aliphatic heterocycles. The van der Waals surface area contributed by atoms with Crippen LogP contribution < -0.4 is 9.62 Å². The molecule has 0 bridgehead atoms. The van der Waals surface area contributed by atoms with Gasteiger partial charge in [0.15, 0.2) is 0 Å². The molecule has 35 heavy (non-hydrogen) atoms. The summed E-state index contributed by atoms with van der Waals surface area (Å²) in [6, 6.07) is 10.4. The van der Waals surface area contributed by atoms with Crippen molar-refractivity contribution < 1.29 is 13.2 Å². The van der Waals surface area contributed by atoms with Crippen molar-refractivity contribution in [1.82, 2.24) is 15.1 Å². The summed E-state index contributed by atoms with van der Waals surface area (Å²) in [4.78, 5) is 17.4. The molecule has 3 rings (SSSR count).